The zero-order valence-corrected chi connectivity index (χ0v) is 21.6. The first-order valence-electron chi connectivity index (χ1n) is 13.3. The number of carbonyl (C=O) groups is 1. The van der Waals surface area contributed by atoms with Crippen LogP contribution < -0.4 is 9.80 Å². The standard InChI is InChI=1S/C28H28FN7O3/c1-17-16-38-11-9-34(17)23-12-22(35-15-18-5-7-30-13-19(18)28(35)37)25-20(29)14-31-26(27(25)33-23)21-6-8-32-36(21)24-4-2-3-10-39-24/h5-8,12-14,17,24H,2-4,9-11,15-16H2,1H3/t17-,24?/m1/s1. The van der Waals surface area contributed by atoms with Gasteiger partial charge in [-0.05, 0) is 43.9 Å². The molecule has 7 heterocycles. The lowest BCUT2D eigenvalue weighted by Gasteiger charge is -2.35. The Hall–Kier alpha value is -3.96. The summed E-state index contributed by atoms with van der Waals surface area (Å²) in [6.45, 7) is 4.78. The molecule has 0 N–H and O–H groups in total. The predicted octanol–water partition coefficient (Wildman–Crippen LogP) is 4.11. The van der Waals surface area contributed by atoms with Crippen LogP contribution in [-0.2, 0) is 16.0 Å². The third-order valence-electron chi connectivity index (χ3n) is 7.76. The predicted molar refractivity (Wildman–Crippen MR) is 142 cm³/mol. The minimum atomic E-state index is -0.542. The molecule has 3 aliphatic rings. The van der Waals surface area contributed by atoms with E-state index in [4.69, 9.17) is 14.5 Å². The first-order valence-corrected chi connectivity index (χ1v) is 13.3. The number of rotatable bonds is 4. The van der Waals surface area contributed by atoms with Crippen LogP contribution in [0.5, 0.6) is 0 Å². The van der Waals surface area contributed by atoms with Crippen molar-refractivity contribution >= 4 is 28.3 Å². The van der Waals surface area contributed by atoms with E-state index in [0.717, 1.165) is 24.8 Å². The lowest BCUT2D eigenvalue weighted by atomic mass is 10.1. The zero-order chi connectivity index (χ0) is 26.5. The molecule has 4 aromatic rings. The fourth-order valence-corrected chi connectivity index (χ4v) is 5.77. The summed E-state index contributed by atoms with van der Waals surface area (Å²) < 4.78 is 29.2. The smallest absolute Gasteiger partial charge is 0.260 e. The summed E-state index contributed by atoms with van der Waals surface area (Å²) in [6, 6.07) is 5.55. The van der Waals surface area contributed by atoms with Crippen LogP contribution in [0.1, 0.15) is 48.3 Å². The van der Waals surface area contributed by atoms with Crippen molar-refractivity contribution in [1.82, 2.24) is 24.7 Å². The van der Waals surface area contributed by atoms with Crippen molar-refractivity contribution in [1.29, 1.82) is 0 Å². The molecule has 2 fully saturated rings. The average Bonchev–Trinajstić information content (AvgIpc) is 3.58. The molecule has 2 atom stereocenters. The van der Waals surface area contributed by atoms with E-state index in [1.54, 1.807) is 23.5 Å². The van der Waals surface area contributed by atoms with Crippen molar-refractivity contribution in [2.75, 3.05) is 36.2 Å². The van der Waals surface area contributed by atoms with Gasteiger partial charge in [0.05, 0.1) is 54.3 Å². The van der Waals surface area contributed by atoms with Crippen LogP contribution in [0.3, 0.4) is 0 Å². The van der Waals surface area contributed by atoms with Gasteiger partial charge in [-0.25, -0.2) is 19.0 Å². The number of carbonyl (C=O) groups excluding carboxylic acids is 1. The molecule has 39 heavy (non-hydrogen) atoms. The highest BCUT2D eigenvalue weighted by atomic mass is 19.1. The summed E-state index contributed by atoms with van der Waals surface area (Å²) in [5, 5.41) is 4.79. The van der Waals surface area contributed by atoms with Gasteiger partial charge in [-0.3, -0.25) is 9.78 Å². The molecule has 3 aliphatic heterocycles. The number of fused-ring (bicyclic) bond motifs is 2. The van der Waals surface area contributed by atoms with Gasteiger partial charge in [-0.2, -0.15) is 5.10 Å². The fourth-order valence-electron chi connectivity index (χ4n) is 5.77. The van der Waals surface area contributed by atoms with Crippen LogP contribution >= 0.6 is 0 Å². The Labute approximate surface area is 224 Å². The Morgan fingerprint density at radius 2 is 2.05 bits per heavy atom. The first kappa shape index (κ1) is 24.1. The molecule has 7 rings (SSSR count). The number of nitrogens with zero attached hydrogens (tertiary/aromatic N) is 7. The van der Waals surface area contributed by atoms with Gasteiger partial charge in [0.15, 0.2) is 12.0 Å². The van der Waals surface area contributed by atoms with Crippen molar-refractivity contribution in [2.24, 2.45) is 0 Å². The largest absolute Gasteiger partial charge is 0.377 e. The normalized spacial score (nSPS) is 21.5. The third kappa shape index (κ3) is 4.04. The molecule has 4 aromatic heterocycles. The maximum Gasteiger partial charge on any atom is 0.260 e. The lowest BCUT2D eigenvalue weighted by molar-refractivity contribution is -0.0383. The van der Waals surface area contributed by atoms with Gasteiger partial charge in [-0.15, -0.1) is 0 Å². The van der Waals surface area contributed by atoms with Gasteiger partial charge in [0.2, 0.25) is 0 Å². The van der Waals surface area contributed by atoms with Crippen molar-refractivity contribution in [3.05, 3.63) is 59.9 Å². The number of anilines is 2. The van der Waals surface area contributed by atoms with Crippen LogP contribution in [0.2, 0.25) is 0 Å². The molecule has 0 spiro atoms. The molecule has 0 bridgehead atoms. The number of hydrogen-bond donors (Lipinski definition) is 0. The van der Waals surface area contributed by atoms with E-state index in [9.17, 15) is 4.79 Å². The minimum absolute atomic E-state index is 0.0540. The molecular formula is C28H28FN7O3. The molecule has 200 valence electrons. The lowest BCUT2D eigenvalue weighted by Crippen LogP contribution is -2.44. The molecule has 11 heteroatoms. The van der Waals surface area contributed by atoms with Gasteiger partial charge >= 0.3 is 0 Å². The highest BCUT2D eigenvalue weighted by Gasteiger charge is 2.33. The van der Waals surface area contributed by atoms with E-state index in [1.807, 2.05) is 22.9 Å². The van der Waals surface area contributed by atoms with Crippen LogP contribution in [0.15, 0.2) is 43.0 Å². The van der Waals surface area contributed by atoms with Crippen molar-refractivity contribution in [3.63, 3.8) is 0 Å². The summed E-state index contributed by atoms with van der Waals surface area (Å²) >= 11 is 0. The number of ether oxygens (including phenoxy) is 2. The Balaban J connectivity index is 1.44. The molecular weight excluding hydrogens is 501 g/mol. The highest BCUT2D eigenvalue weighted by Crippen LogP contribution is 2.40. The minimum Gasteiger partial charge on any atom is -0.377 e. The van der Waals surface area contributed by atoms with Gasteiger partial charge in [0, 0.05) is 37.8 Å². The van der Waals surface area contributed by atoms with Crippen LogP contribution in [0.25, 0.3) is 22.3 Å². The maximum atomic E-state index is 15.7. The number of aromatic nitrogens is 5. The summed E-state index contributed by atoms with van der Waals surface area (Å²) in [5.41, 5.74) is 3.39. The first-order chi connectivity index (χ1) is 19.1. The van der Waals surface area contributed by atoms with Crippen LogP contribution in [0.4, 0.5) is 15.9 Å². The van der Waals surface area contributed by atoms with Crippen LogP contribution in [-0.4, -0.2) is 63.0 Å². The summed E-state index contributed by atoms with van der Waals surface area (Å²) in [7, 11) is 0. The van der Waals surface area contributed by atoms with Gasteiger partial charge in [-0.1, -0.05) is 0 Å². The summed E-state index contributed by atoms with van der Waals surface area (Å²) in [4.78, 5) is 30.9. The second kappa shape index (κ2) is 9.65. The quantitative estimate of drug-likeness (QED) is 0.390. The Morgan fingerprint density at radius 3 is 2.87 bits per heavy atom. The van der Waals surface area contributed by atoms with E-state index >= 15 is 4.39 Å². The fraction of sp³-hybridized carbons (Fsp3) is 0.393. The molecule has 0 aliphatic carbocycles. The highest BCUT2D eigenvalue weighted by molar-refractivity contribution is 6.14. The zero-order valence-electron chi connectivity index (χ0n) is 21.6. The van der Waals surface area contributed by atoms with Gasteiger partial charge < -0.3 is 19.3 Å². The second-order valence-electron chi connectivity index (χ2n) is 10.2. The van der Waals surface area contributed by atoms with Crippen molar-refractivity contribution in [3.8, 4) is 11.4 Å². The molecule has 2 saturated heterocycles. The van der Waals surface area contributed by atoms with E-state index < -0.39 is 5.82 Å². The molecule has 0 saturated carbocycles. The van der Waals surface area contributed by atoms with Crippen molar-refractivity contribution in [2.45, 2.75) is 45.0 Å². The van der Waals surface area contributed by atoms with Crippen molar-refractivity contribution < 1.29 is 18.7 Å². The van der Waals surface area contributed by atoms with E-state index in [2.05, 4.69) is 26.9 Å². The molecule has 10 nitrogen and oxygen atoms in total. The molecule has 0 aromatic carbocycles. The summed E-state index contributed by atoms with van der Waals surface area (Å²) in [6.07, 6.45) is 8.79. The maximum absolute atomic E-state index is 15.7. The number of pyridine rings is 3. The van der Waals surface area contributed by atoms with Crippen LogP contribution in [0, 0.1) is 5.82 Å². The van der Waals surface area contributed by atoms with Gasteiger partial charge in [0.25, 0.3) is 5.91 Å². The molecule has 1 unspecified atom stereocenters. The Morgan fingerprint density at radius 1 is 1.13 bits per heavy atom. The molecule has 0 radical (unpaired) electrons. The third-order valence-corrected chi connectivity index (χ3v) is 7.76. The second-order valence-corrected chi connectivity index (χ2v) is 10.2. The number of halogens is 1. The number of morpholine rings is 1. The number of amides is 1. The van der Waals surface area contributed by atoms with E-state index in [-0.39, 0.29) is 23.6 Å². The van der Waals surface area contributed by atoms with E-state index in [1.165, 1.54) is 6.20 Å². The topological polar surface area (TPSA) is 98.5 Å². The Kier molecular flexibility index (Phi) is 5.97. The van der Waals surface area contributed by atoms with Gasteiger partial charge in [0.1, 0.15) is 17.0 Å². The SMILES string of the molecule is C[C@@H]1COCCN1c1cc(N2Cc3ccncc3C2=O)c2c(F)cnc(-c3ccnn3C3CCCCO3)c2n1. The van der Waals surface area contributed by atoms with E-state index in [0.29, 0.717) is 66.9 Å². The molecule has 1 amide bonds. The average molecular weight is 530 g/mol. The number of hydrogen-bond acceptors (Lipinski definition) is 8. The Bertz CT molecular complexity index is 1570. The summed E-state index contributed by atoms with van der Waals surface area (Å²) in [5.74, 6) is -0.117. The monoisotopic (exact) mass is 529 g/mol.